The molecule has 0 saturated heterocycles. The van der Waals surface area contributed by atoms with Gasteiger partial charge in [-0.05, 0) is 44.2 Å². The third-order valence-electron chi connectivity index (χ3n) is 2.07. The molecule has 2 N–H and O–H groups in total. The smallest absolute Gasteiger partial charge is 0.251 e. The molecule has 1 rings (SSSR count). The molecule has 4 heteroatoms. The molecule has 0 unspecified atom stereocenters. The number of hydrogen-bond acceptors (Lipinski definition) is 2. The van der Waals surface area contributed by atoms with E-state index in [-0.39, 0.29) is 11.8 Å². The van der Waals surface area contributed by atoms with Crippen molar-refractivity contribution in [3.8, 4) is 0 Å². The van der Waals surface area contributed by atoms with E-state index in [1.54, 1.807) is 37.3 Å². The molecular formula is C13H16N2O2. The fourth-order valence-corrected chi connectivity index (χ4v) is 1.30. The van der Waals surface area contributed by atoms with Gasteiger partial charge in [0.25, 0.3) is 5.91 Å². The minimum Gasteiger partial charge on any atom is -0.352 e. The summed E-state index contributed by atoms with van der Waals surface area (Å²) in [6.07, 6.45) is 3.11. The summed E-state index contributed by atoms with van der Waals surface area (Å²) < 4.78 is 0. The summed E-state index contributed by atoms with van der Waals surface area (Å²) in [4.78, 5) is 22.7. The van der Waals surface area contributed by atoms with Gasteiger partial charge in [0, 0.05) is 17.8 Å². The van der Waals surface area contributed by atoms with Gasteiger partial charge < -0.3 is 10.6 Å². The molecule has 1 aromatic carbocycles. The van der Waals surface area contributed by atoms with Gasteiger partial charge in [-0.25, -0.2) is 0 Å². The highest BCUT2D eigenvalue weighted by Crippen LogP contribution is 2.09. The zero-order chi connectivity index (χ0) is 12.7. The summed E-state index contributed by atoms with van der Waals surface area (Å²) in [5, 5.41) is 5.39. The molecule has 0 spiro atoms. The molecule has 0 aromatic heterocycles. The zero-order valence-electron chi connectivity index (χ0n) is 9.99. The number of benzene rings is 1. The summed E-state index contributed by atoms with van der Waals surface area (Å²) >= 11 is 0. The number of hydrogen-bond donors (Lipinski definition) is 2. The molecule has 0 aliphatic rings. The van der Waals surface area contributed by atoms with Crippen LogP contribution in [0.4, 0.5) is 5.69 Å². The van der Waals surface area contributed by atoms with Crippen molar-refractivity contribution in [1.29, 1.82) is 0 Å². The highest BCUT2D eigenvalue weighted by molar-refractivity contribution is 6.00. The van der Waals surface area contributed by atoms with Crippen LogP contribution in [-0.2, 0) is 4.79 Å². The summed E-state index contributed by atoms with van der Waals surface area (Å²) in [6.45, 7) is 4.24. The topological polar surface area (TPSA) is 58.2 Å². The SMILES string of the molecule is CC=CC(=O)Nc1ccc(C(=O)NCC)cc1. The third-order valence-corrected chi connectivity index (χ3v) is 2.07. The van der Waals surface area contributed by atoms with E-state index in [9.17, 15) is 9.59 Å². The standard InChI is InChI=1S/C13H16N2O2/c1-3-5-12(16)15-11-8-6-10(7-9-11)13(17)14-4-2/h3,5-9H,4H2,1-2H3,(H,14,17)(H,15,16). The van der Waals surface area contributed by atoms with Crippen molar-refractivity contribution < 1.29 is 9.59 Å². The highest BCUT2D eigenvalue weighted by Gasteiger charge is 2.03. The van der Waals surface area contributed by atoms with Crippen LogP contribution < -0.4 is 10.6 Å². The fraction of sp³-hybridized carbons (Fsp3) is 0.231. The molecule has 0 radical (unpaired) electrons. The molecule has 0 saturated carbocycles. The lowest BCUT2D eigenvalue weighted by atomic mass is 10.2. The maximum Gasteiger partial charge on any atom is 0.251 e. The van der Waals surface area contributed by atoms with Crippen LogP contribution in [0.25, 0.3) is 0 Å². The van der Waals surface area contributed by atoms with Gasteiger partial charge in [0.2, 0.25) is 5.91 Å². The van der Waals surface area contributed by atoms with E-state index in [2.05, 4.69) is 10.6 Å². The first-order valence-corrected chi connectivity index (χ1v) is 5.49. The van der Waals surface area contributed by atoms with E-state index in [0.29, 0.717) is 17.8 Å². The Morgan fingerprint density at radius 3 is 2.41 bits per heavy atom. The third kappa shape index (κ3) is 4.10. The average Bonchev–Trinajstić information content (AvgIpc) is 2.30. The lowest BCUT2D eigenvalue weighted by Crippen LogP contribution is -2.22. The Hall–Kier alpha value is -2.10. The van der Waals surface area contributed by atoms with Crippen LogP contribution in [0, 0.1) is 0 Å². The van der Waals surface area contributed by atoms with Gasteiger partial charge >= 0.3 is 0 Å². The molecule has 90 valence electrons. The number of allylic oxidation sites excluding steroid dienone is 1. The Bertz CT molecular complexity index is 422. The molecule has 0 heterocycles. The minimum absolute atomic E-state index is 0.112. The van der Waals surface area contributed by atoms with Crippen LogP contribution in [0.5, 0.6) is 0 Å². The van der Waals surface area contributed by atoms with Crippen molar-refractivity contribution in [2.75, 3.05) is 11.9 Å². The Kier molecular flexibility index (Phi) is 4.94. The maximum absolute atomic E-state index is 11.5. The quantitative estimate of drug-likeness (QED) is 0.779. The second kappa shape index (κ2) is 6.48. The van der Waals surface area contributed by atoms with Crippen molar-refractivity contribution in [1.82, 2.24) is 5.32 Å². The first-order chi connectivity index (χ1) is 8.17. The van der Waals surface area contributed by atoms with E-state index in [4.69, 9.17) is 0 Å². The van der Waals surface area contributed by atoms with E-state index in [0.717, 1.165) is 0 Å². The maximum atomic E-state index is 11.5. The number of amides is 2. The Morgan fingerprint density at radius 1 is 1.24 bits per heavy atom. The molecule has 0 atom stereocenters. The Morgan fingerprint density at radius 2 is 1.88 bits per heavy atom. The molecule has 1 aromatic rings. The number of nitrogens with one attached hydrogen (secondary N) is 2. The summed E-state index contributed by atoms with van der Waals surface area (Å²) in [5.41, 5.74) is 1.25. The van der Waals surface area contributed by atoms with Gasteiger partial charge in [-0.2, -0.15) is 0 Å². The van der Waals surface area contributed by atoms with Crippen LogP contribution in [0.2, 0.25) is 0 Å². The van der Waals surface area contributed by atoms with E-state index < -0.39 is 0 Å². The van der Waals surface area contributed by atoms with Crippen molar-refractivity contribution in [2.45, 2.75) is 13.8 Å². The van der Waals surface area contributed by atoms with E-state index >= 15 is 0 Å². The predicted molar refractivity (Wildman–Crippen MR) is 67.9 cm³/mol. The fourth-order valence-electron chi connectivity index (χ4n) is 1.30. The highest BCUT2D eigenvalue weighted by atomic mass is 16.2. The molecule has 0 bridgehead atoms. The lowest BCUT2D eigenvalue weighted by molar-refractivity contribution is -0.111. The first-order valence-electron chi connectivity index (χ1n) is 5.49. The molecule has 0 aliphatic carbocycles. The van der Waals surface area contributed by atoms with Crippen LogP contribution in [0.15, 0.2) is 36.4 Å². The van der Waals surface area contributed by atoms with Gasteiger partial charge in [-0.3, -0.25) is 9.59 Å². The number of carbonyl (C=O) groups excluding carboxylic acids is 2. The Labute approximate surface area is 101 Å². The summed E-state index contributed by atoms with van der Waals surface area (Å²) in [7, 11) is 0. The molecule has 17 heavy (non-hydrogen) atoms. The molecule has 2 amide bonds. The zero-order valence-corrected chi connectivity index (χ0v) is 9.99. The van der Waals surface area contributed by atoms with Crippen molar-refractivity contribution in [2.24, 2.45) is 0 Å². The molecule has 0 aliphatic heterocycles. The Balaban J connectivity index is 2.68. The van der Waals surface area contributed by atoms with Crippen LogP contribution >= 0.6 is 0 Å². The lowest BCUT2D eigenvalue weighted by Gasteiger charge is -2.04. The van der Waals surface area contributed by atoms with Gasteiger partial charge in [0.1, 0.15) is 0 Å². The number of carbonyl (C=O) groups is 2. The first kappa shape index (κ1) is 13.0. The number of rotatable bonds is 4. The van der Waals surface area contributed by atoms with Crippen molar-refractivity contribution in [3.05, 3.63) is 42.0 Å². The summed E-state index contributed by atoms with van der Waals surface area (Å²) in [5.74, 6) is -0.294. The molecule has 0 fully saturated rings. The van der Waals surface area contributed by atoms with Crippen LogP contribution in [-0.4, -0.2) is 18.4 Å². The summed E-state index contributed by atoms with van der Waals surface area (Å²) in [6, 6.07) is 6.75. The van der Waals surface area contributed by atoms with Crippen LogP contribution in [0.3, 0.4) is 0 Å². The second-order valence-electron chi connectivity index (χ2n) is 3.43. The van der Waals surface area contributed by atoms with Gasteiger partial charge in [-0.15, -0.1) is 0 Å². The number of anilines is 1. The van der Waals surface area contributed by atoms with Gasteiger partial charge in [0.05, 0.1) is 0 Å². The van der Waals surface area contributed by atoms with E-state index in [1.165, 1.54) is 6.08 Å². The van der Waals surface area contributed by atoms with Crippen molar-refractivity contribution >= 4 is 17.5 Å². The monoisotopic (exact) mass is 232 g/mol. The second-order valence-corrected chi connectivity index (χ2v) is 3.43. The van der Waals surface area contributed by atoms with Gasteiger partial charge in [-0.1, -0.05) is 6.08 Å². The molecule has 4 nitrogen and oxygen atoms in total. The predicted octanol–water partition coefficient (Wildman–Crippen LogP) is 1.95. The van der Waals surface area contributed by atoms with Crippen molar-refractivity contribution in [3.63, 3.8) is 0 Å². The molecular weight excluding hydrogens is 216 g/mol. The largest absolute Gasteiger partial charge is 0.352 e. The van der Waals surface area contributed by atoms with E-state index in [1.807, 2.05) is 6.92 Å². The van der Waals surface area contributed by atoms with Gasteiger partial charge in [0.15, 0.2) is 0 Å². The average molecular weight is 232 g/mol. The normalized spacial score (nSPS) is 10.2. The minimum atomic E-state index is -0.182. The van der Waals surface area contributed by atoms with Crippen LogP contribution in [0.1, 0.15) is 24.2 Å².